The molecule has 0 spiro atoms. The Morgan fingerprint density at radius 1 is 1.53 bits per heavy atom. The summed E-state index contributed by atoms with van der Waals surface area (Å²) in [5, 5.41) is 19.4. The van der Waals surface area contributed by atoms with Crippen LogP contribution in [0.4, 0.5) is 5.13 Å². The van der Waals surface area contributed by atoms with Crippen LogP contribution in [-0.2, 0) is 6.54 Å². The first-order valence-electron chi connectivity index (χ1n) is 4.69. The first kappa shape index (κ1) is 10.8. The molecule has 1 aromatic rings. The van der Waals surface area contributed by atoms with Crippen LogP contribution in [0, 0.1) is 0 Å². The molecule has 1 aliphatic heterocycles. The van der Waals surface area contributed by atoms with E-state index in [2.05, 4.69) is 10.4 Å². The minimum atomic E-state index is -0.634. The van der Waals surface area contributed by atoms with E-state index < -0.39 is 12.2 Å². The van der Waals surface area contributed by atoms with Crippen LogP contribution in [0.25, 0.3) is 0 Å². The molecular formula is C8H14N4O2S. The van der Waals surface area contributed by atoms with Crippen LogP contribution >= 0.6 is 11.3 Å². The topological polar surface area (TPSA) is 94.6 Å². The summed E-state index contributed by atoms with van der Waals surface area (Å²) in [6.45, 7) is 1.70. The number of aliphatic hydroxyl groups is 2. The van der Waals surface area contributed by atoms with Gasteiger partial charge in [0.15, 0.2) is 5.13 Å². The number of nitrogens with zero attached hydrogens (tertiary/aromatic N) is 2. The Kier molecular flexibility index (Phi) is 3.17. The van der Waals surface area contributed by atoms with Crippen molar-refractivity contribution in [1.82, 2.24) is 9.88 Å². The van der Waals surface area contributed by atoms with E-state index in [1.165, 1.54) is 11.3 Å². The molecule has 0 saturated carbocycles. The first-order chi connectivity index (χ1) is 7.19. The van der Waals surface area contributed by atoms with Crippen LogP contribution in [0.15, 0.2) is 6.20 Å². The lowest BCUT2D eigenvalue weighted by Gasteiger charge is -2.12. The maximum Gasteiger partial charge on any atom is 0.197 e. The highest BCUT2D eigenvalue weighted by Gasteiger charge is 2.29. The molecule has 2 unspecified atom stereocenters. The fourth-order valence-corrected chi connectivity index (χ4v) is 2.41. The van der Waals surface area contributed by atoms with Crippen molar-refractivity contribution < 1.29 is 10.2 Å². The highest BCUT2D eigenvalue weighted by atomic mass is 32.1. The second-order valence-electron chi connectivity index (χ2n) is 3.60. The normalized spacial score (nSPS) is 27.1. The predicted octanol–water partition coefficient (Wildman–Crippen LogP) is -1.03. The molecule has 1 aliphatic rings. The van der Waals surface area contributed by atoms with Crippen molar-refractivity contribution in [2.24, 2.45) is 5.84 Å². The van der Waals surface area contributed by atoms with Crippen LogP contribution in [0.3, 0.4) is 0 Å². The van der Waals surface area contributed by atoms with Crippen molar-refractivity contribution >= 4 is 16.5 Å². The number of anilines is 1. The fraction of sp³-hybridized carbons (Fsp3) is 0.625. The SMILES string of the molecule is NNc1ncc(CN2CC(O)C(O)C2)s1. The number of thiazole rings is 1. The van der Waals surface area contributed by atoms with E-state index in [4.69, 9.17) is 5.84 Å². The van der Waals surface area contributed by atoms with Crippen LogP contribution in [-0.4, -0.2) is 45.4 Å². The van der Waals surface area contributed by atoms with E-state index in [9.17, 15) is 10.2 Å². The van der Waals surface area contributed by atoms with Crippen LogP contribution in [0.5, 0.6) is 0 Å². The highest BCUT2D eigenvalue weighted by Crippen LogP contribution is 2.20. The lowest BCUT2D eigenvalue weighted by Crippen LogP contribution is -2.22. The highest BCUT2D eigenvalue weighted by molar-refractivity contribution is 7.15. The molecule has 0 radical (unpaired) electrons. The largest absolute Gasteiger partial charge is 0.389 e. The zero-order valence-corrected chi connectivity index (χ0v) is 8.94. The van der Waals surface area contributed by atoms with E-state index in [-0.39, 0.29) is 0 Å². The number of nitrogens with two attached hydrogens (primary N) is 1. The summed E-state index contributed by atoms with van der Waals surface area (Å²) >= 11 is 1.47. The van der Waals surface area contributed by atoms with Gasteiger partial charge in [0.1, 0.15) is 0 Å². The minimum absolute atomic E-state index is 0.504. The third-order valence-corrected chi connectivity index (χ3v) is 3.30. The fourth-order valence-electron chi connectivity index (χ4n) is 1.64. The quantitative estimate of drug-likeness (QED) is 0.392. The Labute approximate surface area is 91.3 Å². The molecule has 2 atom stereocenters. The van der Waals surface area contributed by atoms with Gasteiger partial charge in [-0.05, 0) is 0 Å². The standard InChI is InChI=1S/C8H14N4O2S/c9-11-8-10-1-5(15-8)2-12-3-6(13)7(14)4-12/h1,6-7,13-14H,2-4,9H2,(H,10,11). The molecule has 6 nitrogen and oxygen atoms in total. The summed E-state index contributed by atoms with van der Waals surface area (Å²) in [7, 11) is 0. The zero-order chi connectivity index (χ0) is 10.8. The molecule has 2 heterocycles. The summed E-state index contributed by atoms with van der Waals surface area (Å²) in [5.41, 5.74) is 2.48. The molecule has 1 saturated heterocycles. The molecule has 0 aliphatic carbocycles. The predicted molar refractivity (Wildman–Crippen MR) is 57.2 cm³/mol. The third-order valence-electron chi connectivity index (χ3n) is 2.39. The molecule has 1 fully saturated rings. The Balaban J connectivity index is 1.92. The Bertz CT molecular complexity index is 322. The molecule has 1 aromatic heterocycles. The summed E-state index contributed by atoms with van der Waals surface area (Å²) in [6.07, 6.45) is 0.478. The van der Waals surface area contributed by atoms with Gasteiger partial charge in [0.25, 0.3) is 0 Å². The second kappa shape index (κ2) is 4.42. The smallest absolute Gasteiger partial charge is 0.197 e. The molecule has 84 valence electrons. The second-order valence-corrected chi connectivity index (χ2v) is 4.72. The van der Waals surface area contributed by atoms with Gasteiger partial charge < -0.3 is 10.2 Å². The average molecular weight is 230 g/mol. The number of hydrazine groups is 1. The number of hydrogen-bond acceptors (Lipinski definition) is 7. The Morgan fingerprint density at radius 2 is 2.20 bits per heavy atom. The molecule has 0 aromatic carbocycles. The number of aliphatic hydroxyl groups excluding tert-OH is 2. The van der Waals surface area contributed by atoms with Gasteiger partial charge in [-0.25, -0.2) is 10.8 Å². The number of nitrogen functional groups attached to an aromatic ring is 1. The van der Waals surface area contributed by atoms with Gasteiger partial charge in [0.2, 0.25) is 0 Å². The molecule has 7 heteroatoms. The lowest BCUT2D eigenvalue weighted by atomic mass is 10.3. The van der Waals surface area contributed by atoms with Gasteiger partial charge in [-0.15, -0.1) is 0 Å². The monoisotopic (exact) mass is 230 g/mol. The number of likely N-dealkylation sites (tertiary alicyclic amines) is 1. The van der Waals surface area contributed by atoms with Gasteiger partial charge >= 0.3 is 0 Å². The third kappa shape index (κ3) is 2.44. The zero-order valence-electron chi connectivity index (χ0n) is 8.13. The molecular weight excluding hydrogens is 216 g/mol. The van der Waals surface area contributed by atoms with Gasteiger partial charge in [-0.3, -0.25) is 10.3 Å². The summed E-state index contributed by atoms with van der Waals surface area (Å²) in [4.78, 5) is 7.09. The van der Waals surface area contributed by atoms with Gasteiger partial charge in [0, 0.05) is 30.7 Å². The van der Waals surface area contributed by atoms with Crippen molar-refractivity contribution in [3.63, 3.8) is 0 Å². The molecule has 2 rings (SSSR count). The number of aromatic nitrogens is 1. The molecule has 0 bridgehead atoms. The van der Waals surface area contributed by atoms with E-state index in [1.54, 1.807) is 6.20 Å². The van der Waals surface area contributed by atoms with Crippen molar-refractivity contribution in [3.8, 4) is 0 Å². The summed E-state index contributed by atoms with van der Waals surface area (Å²) < 4.78 is 0. The van der Waals surface area contributed by atoms with E-state index in [0.29, 0.717) is 24.8 Å². The maximum absolute atomic E-state index is 9.36. The van der Waals surface area contributed by atoms with Gasteiger partial charge in [0.05, 0.1) is 12.2 Å². The van der Waals surface area contributed by atoms with Crippen LogP contribution < -0.4 is 11.3 Å². The van der Waals surface area contributed by atoms with E-state index >= 15 is 0 Å². The lowest BCUT2D eigenvalue weighted by molar-refractivity contribution is 0.0572. The Hall–Kier alpha value is -0.730. The number of rotatable bonds is 3. The Morgan fingerprint density at radius 3 is 2.73 bits per heavy atom. The summed E-state index contributed by atoms with van der Waals surface area (Å²) in [5.74, 6) is 5.22. The maximum atomic E-state index is 9.36. The van der Waals surface area contributed by atoms with Crippen molar-refractivity contribution in [3.05, 3.63) is 11.1 Å². The first-order valence-corrected chi connectivity index (χ1v) is 5.50. The summed E-state index contributed by atoms with van der Waals surface area (Å²) in [6, 6.07) is 0. The van der Waals surface area contributed by atoms with E-state index in [1.807, 2.05) is 4.90 Å². The van der Waals surface area contributed by atoms with E-state index in [0.717, 1.165) is 4.88 Å². The van der Waals surface area contributed by atoms with Crippen LogP contribution in [0.1, 0.15) is 4.88 Å². The van der Waals surface area contributed by atoms with Crippen molar-refractivity contribution in [2.45, 2.75) is 18.8 Å². The minimum Gasteiger partial charge on any atom is -0.389 e. The van der Waals surface area contributed by atoms with Crippen molar-refractivity contribution in [2.75, 3.05) is 18.5 Å². The van der Waals surface area contributed by atoms with Crippen molar-refractivity contribution in [1.29, 1.82) is 0 Å². The number of hydrogen-bond donors (Lipinski definition) is 4. The van der Waals surface area contributed by atoms with Gasteiger partial charge in [-0.2, -0.15) is 0 Å². The molecule has 5 N–H and O–H groups in total. The molecule has 15 heavy (non-hydrogen) atoms. The number of nitrogens with one attached hydrogen (secondary N) is 1. The molecule has 0 amide bonds. The number of β-amino-alcohol motifs (C(OH)–C–C–N with tert-alkyl or cyclic N) is 2. The van der Waals surface area contributed by atoms with Crippen LogP contribution in [0.2, 0.25) is 0 Å². The average Bonchev–Trinajstić information content (AvgIpc) is 2.76. The van der Waals surface area contributed by atoms with Gasteiger partial charge in [-0.1, -0.05) is 11.3 Å².